The minimum Gasteiger partial charge on any atom is -0.508 e. The molecule has 2 saturated heterocycles. The van der Waals surface area contributed by atoms with Crippen LogP contribution in [-0.2, 0) is 115 Å². The molecule has 692 valence electrons. The molecule has 7 aromatic rings. The Balaban J connectivity index is 1.04. The van der Waals surface area contributed by atoms with E-state index < -0.39 is 198 Å². The molecule has 15 amide bonds. The average molecular weight is 1810 g/mol. The van der Waals surface area contributed by atoms with Crippen molar-refractivity contribution in [1.29, 1.82) is 0 Å². The molecule has 4 heterocycles. The number of amides is 15. The summed E-state index contributed by atoms with van der Waals surface area (Å²) in [5.41, 5.74) is 9.12. The number of carboxylic acids is 1. The van der Waals surface area contributed by atoms with Crippen molar-refractivity contribution in [3.63, 3.8) is 0 Å². The molecule has 0 saturated carbocycles. The number of aromatic hydroxyl groups is 2. The number of benzene rings is 6. The zero-order valence-electron chi connectivity index (χ0n) is 74.0. The standard InChI is InChI=1S/C94H116N16O19S/c1-9-10-31-74-93(128)109-39-22-32-73(109)88(123)102-69(48-81(116)117)87(122)105-82(55(4)5)94(129)107(7)76(43-57-25-16-12-17-26-57)89(124)103-71-45-60-35-38-63(112)47-75(60)110(91(71)126)51-79(114)98-68(46-61-49-96-65-30-21-20-29-64(61)65)86(121)101-67(41-59-33-36-62(111)37-34-59)85(120)100-66(40-54(2)3)84(119)104-72(83(118)97-50-78(95)113)52-130-53-80(115)99-70(42-56-23-14-11-15-24-56)90(125)108(8)77(92(127)106(74)6)44-58-27-18-13-19-28-58/h11-21,23-30,33-38,47,49,54-55,66-74,76-77,82,96,111-112H,9-10,22,31-32,39-46,48,50-53H2,1-8H3,(H2,95,113)(H,97,118)(H,98,114)(H,99,115)(H,100,120)(H,101,121)(H,102,123)(H,103,124)(H,104,119)(H,105,122)(H,116,117)/t66-,67-,68-,69-,70-,71-,72-,73-,74-,76-,77-,82-/m0/s1. The lowest BCUT2D eigenvalue weighted by atomic mass is 9.95. The zero-order valence-corrected chi connectivity index (χ0v) is 74.8. The van der Waals surface area contributed by atoms with E-state index in [1.807, 2.05) is 6.92 Å². The molecule has 1 aromatic heterocycles. The lowest BCUT2D eigenvalue weighted by Crippen LogP contribution is -2.62. The topological polar surface area (TPSA) is 500 Å². The molecule has 3 aliphatic heterocycles. The van der Waals surface area contributed by atoms with Crippen LogP contribution in [0, 0.1) is 11.8 Å². The second kappa shape index (κ2) is 46.4. The van der Waals surface area contributed by atoms with Crippen LogP contribution in [0.5, 0.6) is 11.5 Å². The van der Waals surface area contributed by atoms with Crippen molar-refractivity contribution in [1.82, 2.24) is 72.4 Å². The van der Waals surface area contributed by atoms with Crippen LogP contribution >= 0.6 is 11.8 Å². The van der Waals surface area contributed by atoms with Gasteiger partial charge in [0.1, 0.15) is 90.5 Å². The number of phenolic OH excluding ortho intramolecular Hbond substituents is 2. The molecular weight excluding hydrogens is 1690 g/mol. The summed E-state index contributed by atoms with van der Waals surface area (Å²) in [5, 5.41) is 56.6. The number of unbranched alkanes of at least 4 members (excludes halogenated alkanes) is 1. The molecule has 0 unspecified atom stereocenters. The highest BCUT2D eigenvalue weighted by molar-refractivity contribution is 8.00. The number of carbonyl (C=O) groups is 16. The van der Waals surface area contributed by atoms with Gasteiger partial charge in [-0.1, -0.05) is 175 Å². The summed E-state index contributed by atoms with van der Waals surface area (Å²) in [6, 6.07) is 24.5. The minimum atomic E-state index is -1.89. The number of primary amides is 1. The number of aromatic nitrogens is 1. The van der Waals surface area contributed by atoms with Gasteiger partial charge in [0.05, 0.1) is 24.4 Å². The van der Waals surface area contributed by atoms with E-state index in [4.69, 9.17) is 5.73 Å². The van der Waals surface area contributed by atoms with Crippen molar-refractivity contribution < 1.29 is 92.0 Å². The molecule has 2 bridgehead atoms. The first kappa shape index (κ1) is 98.5. The third-order valence-electron chi connectivity index (χ3n) is 23.3. The van der Waals surface area contributed by atoms with Gasteiger partial charge in [0, 0.05) is 95.1 Å². The van der Waals surface area contributed by atoms with Crippen LogP contribution in [0.4, 0.5) is 5.69 Å². The predicted molar refractivity (Wildman–Crippen MR) is 484 cm³/mol. The zero-order chi connectivity index (χ0) is 94.2. The van der Waals surface area contributed by atoms with Gasteiger partial charge in [0.2, 0.25) is 88.6 Å². The highest BCUT2D eigenvalue weighted by atomic mass is 32.2. The number of nitrogens with one attached hydrogen (secondary N) is 10. The fourth-order valence-corrected chi connectivity index (χ4v) is 17.2. The monoisotopic (exact) mass is 1800 g/mol. The molecule has 36 heteroatoms. The van der Waals surface area contributed by atoms with Gasteiger partial charge in [-0.3, -0.25) is 76.7 Å². The highest BCUT2D eigenvalue weighted by Crippen LogP contribution is 2.33. The van der Waals surface area contributed by atoms with E-state index in [9.17, 15) is 44.1 Å². The van der Waals surface area contributed by atoms with Crippen molar-refractivity contribution in [2.75, 3.05) is 57.2 Å². The van der Waals surface area contributed by atoms with E-state index in [2.05, 4.69) is 52.8 Å². The van der Waals surface area contributed by atoms with Gasteiger partial charge in [-0.2, -0.15) is 0 Å². The Morgan fingerprint density at radius 1 is 0.531 bits per heavy atom. The molecule has 12 atom stereocenters. The molecule has 0 spiro atoms. The number of anilines is 1. The number of hydrogen-bond acceptors (Lipinski definition) is 19. The largest absolute Gasteiger partial charge is 0.508 e. The van der Waals surface area contributed by atoms with Crippen LogP contribution in [0.3, 0.4) is 0 Å². The van der Waals surface area contributed by atoms with Crippen molar-refractivity contribution in [2.45, 2.75) is 191 Å². The fraction of sp³-hybridized carbons (Fsp3) is 0.426. The first-order valence-corrected chi connectivity index (χ1v) is 44.7. The van der Waals surface area contributed by atoms with Gasteiger partial charge >= 0.3 is 5.97 Å². The second-order valence-corrected chi connectivity index (χ2v) is 34.9. The summed E-state index contributed by atoms with van der Waals surface area (Å²) >= 11 is 0.834. The van der Waals surface area contributed by atoms with E-state index in [-0.39, 0.29) is 99.6 Å². The maximum Gasteiger partial charge on any atom is 0.305 e. The summed E-state index contributed by atoms with van der Waals surface area (Å²) in [6.45, 7) is 6.94. The average Bonchev–Trinajstić information content (AvgIpc) is 0.927. The normalized spacial score (nSPS) is 23.1. The molecule has 3 aliphatic rings. The molecule has 130 heavy (non-hydrogen) atoms. The SMILES string of the molecule is CCCC[C@H]1C(=O)N2CCC[C@H]2C(=O)N[C@@H](CC(=O)O)C(=O)N[C@@H](C(C)C)C(=O)N(C)[C@@H](Cc2ccccc2)C(=O)N[C@H]2Cc3ccc(O)cc3N(CC(=O)N[C@@H](Cc3c[nH]c4ccccc34)C(=O)N[C@@H](Cc3ccc(O)cc3)C(=O)N[C@@H](CC(C)C)C(=O)N[C@H](C(=O)NCC(N)=O)CSCC(=O)N[C@@H](Cc3ccccc3)C(=O)N(C)[C@@H](Cc3ccccc3)C(=O)N1C)C2=O. The van der Waals surface area contributed by atoms with Gasteiger partial charge in [-0.05, 0) is 95.2 Å². The number of carbonyl (C=O) groups excluding carboxylic acids is 15. The number of likely N-dealkylation sites (N-methyl/N-ethyl adjacent to an activating group) is 3. The Kier molecular flexibility index (Phi) is 35.1. The predicted octanol–water partition coefficient (Wildman–Crippen LogP) is 2.75. The maximum atomic E-state index is 15.7. The van der Waals surface area contributed by atoms with E-state index in [1.165, 1.54) is 78.3 Å². The van der Waals surface area contributed by atoms with Crippen LogP contribution in [0.15, 0.2) is 164 Å². The smallest absolute Gasteiger partial charge is 0.305 e. The van der Waals surface area contributed by atoms with Crippen LogP contribution in [0.25, 0.3) is 10.9 Å². The van der Waals surface area contributed by atoms with Crippen molar-refractivity contribution >= 4 is 123 Å². The van der Waals surface area contributed by atoms with Crippen molar-refractivity contribution in [2.24, 2.45) is 17.6 Å². The van der Waals surface area contributed by atoms with E-state index in [1.54, 1.807) is 149 Å². The third kappa shape index (κ3) is 26.7. The molecule has 0 aliphatic carbocycles. The molecular formula is C94H116N16O19S. The molecule has 6 aromatic carbocycles. The number of H-pyrrole nitrogens is 1. The first-order valence-electron chi connectivity index (χ1n) is 43.5. The Bertz CT molecular complexity index is 5240. The Morgan fingerprint density at radius 3 is 1.70 bits per heavy atom. The van der Waals surface area contributed by atoms with Gasteiger partial charge in [0.25, 0.3) is 0 Å². The second-order valence-electron chi connectivity index (χ2n) is 33.9. The Hall–Kier alpha value is -13.7. The van der Waals surface area contributed by atoms with Gasteiger partial charge < -0.3 is 98.4 Å². The summed E-state index contributed by atoms with van der Waals surface area (Å²) in [4.78, 5) is 246. The molecule has 15 N–H and O–H groups in total. The number of carboxylic acid groups (broad SMARTS) is 1. The maximum absolute atomic E-state index is 15.7. The number of nitrogens with two attached hydrogens (primary N) is 1. The summed E-state index contributed by atoms with van der Waals surface area (Å²) in [6.07, 6.45) is 0.513. The van der Waals surface area contributed by atoms with E-state index in [0.717, 1.165) is 21.6 Å². The quantitative estimate of drug-likeness (QED) is 0.0492. The Labute approximate surface area is 757 Å². The molecule has 0 radical (unpaired) electrons. The van der Waals surface area contributed by atoms with Crippen molar-refractivity contribution in [3.05, 3.63) is 197 Å². The van der Waals surface area contributed by atoms with Crippen LogP contribution in [0.2, 0.25) is 0 Å². The fourth-order valence-electron chi connectivity index (χ4n) is 16.3. The van der Waals surface area contributed by atoms with Crippen LogP contribution in [-0.4, -0.2) is 259 Å². The summed E-state index contributed by atoms with van der Waals surface area (Å²) in [5.74, 6) is -17.3. The molecule has 10 rings (SSSR count). The number of para-hydroxylation sites is 1. The van der Waals surface area contributed by atoms with Crippen LogP contribution in [0.1, 0.15) is 113 Å². The number of aromatic amines is 1. The first-order chi connectivity index (χ1) is 62.0. The van der Waals surface area contributed by atoms with Gasteiger partial charge in [0.15, 0.2) is 0 Å². The summed E-state index contributed by atoms with van der Waals surface area (Å²) in [7, 11) is 4.09. The number of rotatable bonds is 21. The Morgan fingerprint density at radius 2 is 1.08 bits per heavy atom. The van der Waals surface area contributed by atoms with Crippen LogP contribution < -0.4 is 58.5 Å². The number of fused-ring (bicyclic) bond motifs is 6. The summed E-state index contributed by atoms with van der Waals surface area (Å²) < 4.78 is 0. The van der Waals surface area contributed by atoms with E-state index >= 15 is 47.9 Å². The number of nitrogens with zero attached hydrogens (tertiary/aromatic N) is 5. The molecule has 35 nitrogen and oxygen atoms in total. The van der Waals surface area contributed by atoms with Crippen molar-refractivity contribution in [3.8, 4) is 11.5 Å². The van der Waals surface area contributed by atoms with Gasteiger partial charge in [-0.25, -0.2) is 0 Å². The third-order valence-corrected chi connectivity index (χ3v) is 24.4. The number of thioether (sulfide) groups is 1. The highest BCUT2D eigenvalue weighted by Gasteiger charge is 2.46. The van der Waals surface area contributed by atoms with Gasteiger partial charge in [-0.15, -0.1) is 11.8 Å². The molecule has 2 fully saturated rings. The van der Waals surface area contributed by atoms with E-state index in [0.29, 0.717) is 57.1 Å². The lowest BCUT2D eigenvalue weighted by Gasteiger charge is -2.38. The lowest BCUT2D eigenvalue weighted by molar-refractivity contribution is -0.152. The number of phenols is 2. The number of hydrogen-bond donors (Lipinski definition) is 14. The number of aliphatic carboxylic acids is 1. The minimum absolute atomic E-state index is 0.0189.